The first-order chi connectivity index (χ1) is 4.61. The second kappa shape index (κ2) is 3.04. The number of phenols is 1. The zero-order valence-electron chi connectivity index (χ0n) is 4.74. The second-order valence-corrected chi connectivity index (χ2v) is 3.65. The van der Waals surface area contributed by atoms with Gasteiger partial charge in [-0.15, -0.1) is 0 Å². The molecule has 0 aliphatic heterocycles. The Morgan fingerprint density at radius 1 is 1.50 bits per heavy atom. The van der Waals surface area contributed by atoms with E-state index in [1.54, 1.807) is 0 Å². The van der Waals surface area contributed by atoms with E-state index in [-0.39, 0.29) is 5.75 Å². The summed E-state index contributed by atoms with van der Waals surface area (Å²) in [5, 5.41) is 9.00. The van der Waals surface area contributed by atoms with Crippen molar-refractivity contribution in [3.63, 3.8) is 0 Å². The summed E-state index contributed by atoms with van der Waals surface area (Å²) in [6.07, 6.45) is 0. The molecule has 54 valence electrons. The summed E-state index contributed by atoms with van der Waals surface area (Å²) < 4.78 is 13.6. The number of halogens is 3. The zero-order valence-corrected chi connectivity index (χ0v) is 8.48. The normalized spacial score (nSPS) is 9.90. The highest BCUT2D eigenvalue weighted by Crippen LogP contribution is 2.28. The van der Waals surface area contributed by atoms with E-state index in [9.17, 15) is 4.39 Å². The van der Waals surface area contributed by atoms with E-state index in [1.807, 2.05) is 22.6 Å². The summed E-state index contributed by atoms with van der Waals surface area (Å²) in [5.74, 6) is -0.475. The molecule has 0 saturated heterocycles. The topological polar surface area (TPSA) is 20.2 Å². The maximum Gasteiger partial charge on any atom is 0.132 e. The lowest BCUT2D eigenvalue weighted by Crippen LogP contribution is -1.79. The fraction of sp³-hybridized carbons (Fsp3) is 0. The molecule has 0 amide bonds. The van der Waals surface area contributed by atoms with Crippen molar-refractivity contribution in [3.05, 3.63) is 26.0 Å². The van der Waals surface area contributed by atoms with Gasteiger partial charge >= 0.3 is 0 Å². The molecule has 0 saturated carbocycles. The second-order valence-electron chi connectivity index (χ2n) is 1.72. The predicted octanol–water partition coefficient (Wildman–Crippen LogP) is 2.90. The van der Waals surface area contributed by atoms with E-state index in [0.717, 1.165) is 6.07 Å². The van der Waals surface area contributed by atoms with Gasteiger partial charge in [-0.25, -0.2) is 4.39 Å². The third-order valence-electron chi connectivity index (χ3n) is 0.974. The van der Waals surface area contributed by atoms with Crippen LogP contribution in [0.2, 0.25) is 0 Å². The summed E-state index contributed by atoms with van der Waals surface area (Å²) in [6, 6.07) is 2.38. The lowest BCUT2D eigenvalue weighted by Gasteiger charge is -1.98. The van der Waals surface area contributed by atoms with Gasteiger partial charge in [0, 0.05) is 10.5 Å². The molecule has 1 N–H and O–H groups in total. The van der Waals surface area contributed by atoms with Gasteiger partial charge in [-0.1, -0.05) is 0 Å². The summed E-state index contributed by atoms with van der Waals surface area (Å²) >= 11 is 5.01. The first kappa shape index (κ1) is 8.26. The SMILES string of the molecule is Oc1cc(F)cc(Br)c1I. The first-order valence-corrected chi connectivity index (χ1v) is 4.32. The van der Waals surface area contributed by atoms with Crippen molar-refractivity contribution in [1.29, 1.82) is 0 Å². The molecule has 1 nitrogen and oxygen atoms in total. The van der Waals surface area contributed by atoms with Crippen LogP contribution in [0.1, 0.15) is 0 Å². The van der Waals surface area contributed by atoms with Gasteiger partial charge in [0.1, 0.15) is 11.6 Å². The molecule has 0 heterocycles. The van der Waals surface area contributed by atoms with Gasteiger partial charge in [-0.2, -0.15) is 0 Å². The van der Waals surface area contributed by atoms with Crippen LogP contribution < -0.4 is 0 Å². The molecule has 0 aliphatic carbocycles. The average Bonchev–Trinajstić information content (AvgIpc) is 1.82. The van der Waals surface area contributed by atoms with Gasteiger partial charge in [0.15, 0.2) is 0 Å². The quantitative estimate of drug-likeness (QED) is 0.576. The van der Waals surface area contributed by atoms with Crippen molar-refractivity contribution in [3.8, 4) is 5.75 Å². The van der Waals surface area contributed by atoms with Gasteiger partial charge in [0.2, 0.25) is 0 Å². The molecule has 0 radical (unpaired) electrons. The highest BCUT2D eigenvalue weighted by Gasteiger charge is 2.03. The van der Waals surface area contributed by atoms with Crippen molar-refractivity contribution in [1.82, 2.24) is 0 Å². The number of aromatic hydroxyl groups is 1. The minimum absolute atomic E-state index is 0.0347. The van der Waals surface area contributed by atoms with Crippen LogP contribution in [-0.4, -0.2) is 5.11 Å². The molecule has 0 aliphatic rings. The van der Waals surface area contributed by atoms with Crippen LogP contribution in [0, 0.1) is 9.39 Å². The van der Waals surface area contributed by atoms with E-state index in [2.05, 4.69) is 15.9 Å². The Morgan fingerprint density at radius 3 is 2.60 bits per heavy atom. The summed E-state index contributed by atoms with van der Waals surface area (Å²) in [7, 11) is 0. The summed E-state index contributed by atoms with van der Waals surface area (Å²) in [5.41, 5.74) is 0. The van der Waals surface area contributed by atoms with Crippen LogP contribution in [-0.2, 0) is 0 Å². The van der Waals surface area contributed by atoms with Crippen LogP contribution in [0.5, 0.6) is 5.75 Å². The number of phenolic OH excluding ortho intramolecular Hbond substituents is 1. The van der Waals surface area contributed by atoms with Crippen molar-refractivity contribution >= 4 is 38.5 Å². The number of hydrogen-bond acceptors (Lipinski definition) is 1. The molecule has 0 unspecified atom stereocenters. The lowest BCUT2D eigenvalue weighted by molar-refractivity contribution is 0.464. The Morgan fingerprint density at radius 2 is 2.10 bits per heavy atom. The zero-order chi connectivity index (χ0) is 7.72. The minimum atomic E-state index is -0.440. The van der Waals surface area contributed by atoms with Gasteiger partial charge in [-0.05, 0) is 44.6 Å². The molecule has 4 heteroatoms. The van der Waals surface area contributed by atoms with E-state index in [4.69, 9.17) is 5.11 Å². The summed E-state index contributed by atoms with van der Waals surface area (Å²) in [6.45, 7) is 0. The highest BCUT2D eigenvalue weighted by molar-refractivity contribution is 14.1. The number of benzene rings is 1. The van der Waals surface area contributed by atoms with E-state index >= 15 is 0 Å². The van der Waals surface area contributed by atoms with E-state index in [0.29, 0.717) is 8.04 Å². The smallest absolute Gasteiger partial charge is 0.132 e. The van der Waals surface area contributed by atoms with Crippen molar-refractivity contribution in [2.75, 3.05) is 0 Å². The van der Waals surface area contributed by atoms with E-state index in [1.165, 1.54) is 6.07 Å². The van der Waals surface area contributed by atoms with Crippen LogP contribution in [0.4, 0.5) is 4.39 Å². The largest absolute Gasteiger partial charge is 0.507 e. The standard InChI is InChI=1S/C6H3BrFIO/c7-4-1-3(8)2-5(10)6(4)9/h1-2,10H. The number of rotatable bonds is 0. The molecule has 1 rings (SSSR count). The van der Waals surface area contributed by atoms with Gasteiger partial charge in [0.25, 0.3) is 0 Å². The van der Waals surface area contributed by atoms with Crippen LogP contribution in [0.15, 0.2) is 16.6 Å². The molecule has 0 bridgehead atoms. The highest BCUT2D eigenvalue weighted by atomic mass is 127. The van der Waals surface area contributed by atoms with Gasteiger partial charge in [-0.3, -0.25) is 0 Å². The molecule has 1 aromatic rings. The molecule has 0 spiro atoms. The Kier molecular flexibility index (Phi) is 2.51. The third-order valence-corrected chi connectivity index (χ3v) is 3.47. The first-order valence-electron chi connectivity index (χ1n) is 2.45. The van der Waals surface area contributed by atoms with Crippen molar-refractivity contribution in [2.45, 2.75) is 0 Å². The maximum atomic E-state index is 12.4. The number of hydrogen-bond donors (Lipinski definition) is 1. The molecule has 1 aromatic carbocycles. The van der Waals surface area contributed by atoms with Crippen LogP contribution >= 0.6 is 38.5 Å². The lowest BCUT2D eigenvalue weighted by atomic mass is 10.3. The van der Waals surface area contributed by atoms with Crippen molar-refractivity contribution < 1.29 is 9.50 Å². The Bertz CT molecular complexity index is 241. The Labute approximate surface area is 79.5 Å². The fourth-order valence-corrected chi connectivity index (χ4v) is 1.28. The molecule has 0 atom stereocenters. The monoisotopic (exact) mass is 316 g/mol. The van der Waals surface area contributed by atoms with Crippen LogP contribution in [0.3, 0.4) is 0 Å². The Balaban J connectivity index is 3.31. The average molecular weight is 317 g/mol. The van der Waals surface area contributed by atoms with Gasteiger partial charge in [0.05, 0.1) is 3.57 Å². The Hall–Kier alpha value is 0.160. The molecule has 0 aromatic heterocycles. The molecule has 0 fully saturated rings. The third kappa shape index (κ3) is 1.60. The molecular formula is C6H3BrFIO. The minimum Gasteiger partial charge on any atom is -0.507 e. The van der Waals surface area contributed by atoms with Gasteiger partial charge < -0.3 is 5.11 Å². The molecular weight excluding hydrogens is 314 g/mol. The van der Waals surface area contributed by atoms with E-state index < -0.39 is 5.82 Å². The maximum absolute atomic E-state index is 12.4. The molecule has 10 heavy (non-hydrogen) atoms. The predicted molar refractivity (Wildman–Crippen MR) is 48.5 cm³/mol. The van der Waals surface area contributed by atoms with Crippen LogP contribution in [0.25, 0.3) is 0 Å². The fourth-order valence-electron chi connectivity index (χ4n) is 0.542. The van der Waals surface area contributed by atoms with Crippen molar-refractivity contribution in [2.24, 2.45) is 0 Å². The summed E-state index contributed by atoms with van der Waals surface area (Å²) in [4.78, 5) is 0.